The number of nitrogens with one attached hydrogen (secondary N) is 1. The summed E-state index contributed by atoms with van der Waals surface area (Å²) in [5.74, 6) is 0.634. The molecular weight excluding hydrogens is 246 g/mol. The van der Waals surface area contributed by atoms with Gasteiger partial charge in [-0.2, -0.15) is 0 Å². The van der Waals surface area contributed by atoms with E-state index in [1.807, 2.05) is 0 Å². The van der Waals surface area contributed by atoms with Gasteiger partial charge in [0, 0.05) is 24.1 Å². The molecule has 3 unspecified atom stereocenters. The maximum Gasteiger partial charge on any atom is 0.0656 e. The zero-order valence-electron chi connectivity index (χ0n) is 14.5. The molecule has 2 saturated carbocycles. The topological polar surface area (TPSA) is 21.3 Å². The van der Waals surface area contributed by atoms with E-state index in [-0.39, 0.29) is 5.41 Å². The second-order valence-electron chi connectivity index (χ2n) is 8.78. The summed E-state index contributed by atoms with van der Waals surface area (Å²) in [7, 11) is 0. The van der Waals surface area contributed by atoms with Crippen LogP contribution in [0, 0.1) is 16.7 Å². The minimum absolute atomic E-state index is 0.280. The lowest BCUT2D eigenvalue weighted by Crippen LogP contribution is -2.64. The molecule has 20 heavy (non-hydrogen) atoms. The van der Waals surface area contributed by atoms with Crippen LogP contribution in [0.3, 0.4) is 0 Å². The Morgan fingerprint density at radius 1 is 1.10 bits per heavy atom. The molecule has 0 bridgehead atoms. The van der Waals surface area contributed by atoms with Crippen molar-refractivity contribution in [1.29, 1.82) is 0 Å². The average molecular weight is 281 g/mol. The number of ether oxygens (including phenoxy) is 1. The van der Waals surface area contributed by atoms with Gasteiger partial charge in [-0.15, -0.1) is 0 Å². The second kappa shape index (κ2) is 5.96. The van der Waals surface area contributed by atoms with Crippen LogP contribution >= 0.6 is 0 Å². The molecule has 0 saturated heterocycles. The third kappa shape index (κ3) is 3.39. The van der Waals surface area contributed by atoms with Crippen LogP contribution in [0.2, 0.25) is 0 Å². The van der Waals surface area contributed by atoms with Crippen LogP contribution in [0.4, 0.5) is 0 Å². The molecule has 0 spiro atoms. The largest absolute Gasteiger partial charge is 0.377 e. The fourth-order valence-electron chi connectivity index (χ4n) is 3.81. The first-order valence-electron chi connectivity index (χ1n) is 8.61. The van der Waals surface area contributed by atoms with Gasteiger partial charge in [0.15, 0.2) is 0 Å². The minimum Gasteiger partial charge on any atom is -0.377 e. The van der Waals surface area contributed by atoms with Crippen molar-refractivity contribution in [2.45, 2.75) is 91.8 Å². The van der Waals surface area contributed by atoms with Crippen LogP contribution in [0.15, 0.2) is 0 Å². The lowest BCUT2D eigenvalue weighted by atomic mass is 9.63. The van der Waals surface area contributed by atoms with E-state index >= 15 is 0 Å². The Balaban J connectivity index is 1.86. The van der Waals surface area contributed by atoms with E-state index in [1.165, 1.54) is 32.1 Å². The average Bonchev–Trinajstić information content (AvgIpc) is 2.33. The number of hydrogen-bond donors (Lipinski definition) is 1. The predicted octanol–water partition coefficient (Wildman–Crippen LogP) is 4.38. The van der Waals surface area contributed by atoms with Gasteiger partial charge in [-0.05, 0) is 30.6 Å². The van der Waals surface area contributed by atoms with E-state index in [9.17, 15) is 0 Å². The molecule has 0 heterocycles. The number of hydrogen-bond acceptors (Lipinski definition) is 2. The molecule has 2 fully saturated rings. The molecule has 2 rings (SSSR count). The molecule has 2 nitrogen and oxygen atoms in total. The van der Waals surface area contributed by atoms with Gasteiger partial charge in [0.2, 0.25) is 0 Å². The van der Waals surface area contributed by atoms with Gasteiger partial charge >= 0.3 is 0 Å². The molecule has 0 aromatic carbocycles. The fraction of sp³-hybridized carbons (Fsp3) is 1.00. The minimum atomic E-state index is 0.280. The Hall–Kier alpha value is -0.0800. The second-order valence-corrected chi connectivity index (χ2v) is 8.78. The third-order valence-corrected chi connectivity index (χ3v) is 5.72. The molecule has 0 radical (unpaired) electrons. The molecule has 0 amide bonds. The van der Waals surface area contributed by atoms with E-state index in [1.54, 1.807) is 0 Å². The van der Waals surface area contributed by atoms with Gasteiger partial charge in [0.1, 0.15) is 0 Å². The highest BCUT2D eigenvalue weighted by atomic mass is 16.5. The van der Waals surface area contributed by atoms with Gasteiger partial charge in [-0.3, -0.25) is 0 Å². The number of rotatable bonds is 5. The summed E-state index contributed by atoms with van der Waals surface area (Å²) in [5.41, 5.74) is 0.737. The maximum absolute atomic E-state index is 6.09. The monoisotopic (exact) mass is 281 g/mol. The summed E-state index contributed by atoms with van der Waals surface area (Å²) >= 11 is 0. The standard InChI is InChI=1S/C18H35NO/c1-13(2)12-20-16-11-15(18(16,5)6)19-14-9-7-8-10-17(14,3)4/h13-16,19H,7-12H2,1-6H3. The quantitative estimate of drug-likeness (QED) is 0.807. The van der Waals surface area contributed by atoms with Crippen LogP contribution in [0.25, 0.3) is 0 Å². The molecular formula is C18H35NO. The molecule has 1 N–H and O–H groups in total. The summed E-state index contributed by atoms with van der Waals surface area (Å²) in [6, 6.07) is 1.31. The zero-order valence-corrected chi connectivity index (χ0v) is 14.5. The first kappa shape index (κ1) is 16.3. The van der Waals surface area contributed by atoms with Crippen molar-refractivity contribution in [1.82, 2.24) is 5.32 Å². The van der Waals surface area contributed by atoms with Crippen molar-refractivity contribution in [3.05, 3.63) is 0 Å². The first-order valence-corrected chi connectivity index (χ1v) is 8.61. The highest BCUT2D eigenvalue weighted by molar-refractivity contribution is 5.05. The van der Waals surface area contributed by atoms with Crippen molar-refractivity contribution in [2.24, 2.45) is 16.7 Å². The molecule has 3 atom stereocenters. The third-order valence-electron chi connectivity index (χ3n) is 5.72. The molecule has 2 heteroatoms. The maximum atomic E-state index is 6.09. The van der Waals surface area contributed by atoms with E-state index in [2.05, 4.69) is 46.9 Å². The first-order chi connectivity index (χ1) is 9.23. The summed E-state index contributed by atoms with van der Waals surface area (Å²) in [6.45, 7) is 15.0. The Bertz CT molecular complexity index is 321. The van der Waals surface area contributed by atoms with Crippen molar-refractivity contribution < 1.29 is 4.74 Å². The van der Waals surface area contributed by atoms with Gasteiger partial charge < -0.3 is 10.1 Å². The lowest BCUT2D eigenvalue weighted by molar-refractivity contribution is -0.129. The Kier molecular flexibility index (Phi) is 4.86. The molecule has 2 aliphatic rings. The van der Waals surface area contributed by atoms with Gasteiger partial charge in [0.25, 0.3) is 0 Å². The van der Waals surface area contributed by atoms with Gasteiger partial charge in [0.05, 0.1) is 6.10 Å². The van der Waals surface area contributed by atoms with E-state index in [0.29, 0.717) is 29.5 Å². The van der Waals surface area contributed by atoms with Crippen molar-refractivity contribution in [3.63, 3.8) is 0 Å². The normalized spacial score (nSPS) is 35.9. The SMILES string of the molecule is CC(C)COC1CC(NC2CCCCC2(C)C)C1(C)C. The lowest BCUT2D eigenvalue weighted by Gasteiger charge is -2.55. The van der Waals surface area contributed by atoms with Crippen LogP contribution in [-0.2, 0) is 4.74 Å². The summed E-state index contributed by atoms with van der Waals surface area (Å²) in [6.07, 6.45) is 7.13. The highest BCUT2D eigenvalue weighted by Crippen LogP contribution is 2.45. The van der Waals surface area contributed by atoms with E-state index in [0.717, 1.165) is 6.61 Å². The summed E-state index contributed by atoms with van der Waals surface area (Å²) < 4.78 is 6.09. The van der Waals surface area contributed by atoms with Crippen LogP contribution < -0.4 is 5.32 Å². The summed E-state index contributed by atoms with van der Waals surface area (Å²) in [5, 5.41) is 3.97. The van der Waals surface area contributed by atoms with Crippen LogP contribution in [0.1, 0.15) is 73.6 Å². The molecule has 118 valence electrons. The highest BCUT2D eigenvalue weighted by Gasteiger charge is 2.50. The molecule has 2 aliphatic carbocycles. The van der Waals surface area contributed by atoms with Gasteiger partial charge in [-0.25, -0.2) is 0 Å². The van der Waals surface area contributed by atoms with Crippen molar-refractivity contribution >= 4 is 0 Å². The Labute approximate surface area is 126 Å². The Morgan fingerprint density at radius 2 is 1.80 bits per heavy atom. The fourth-order valence-corrected chi connectivity index (χ4v) is 3.81. The smallest absolute Gasteiger partial charge is 0.0656 e. The predicted molar refractivity (Wildman–Crippen MR) is 85.9 cm³/mol. The zero-order chi connectivity index (χ0) is 15.0. The Morgan fingerprint density at radius 3 is 2.35 bits per heavy atom. The van der Waals surface area contributed by atoms with Crippen LogP contribution in [-0.4, -0.2) is 24.8 Å². The van der Waals surface area contributed by atoms with Crippen molar-refractivity contribution in [3.8, 4) is 0 Å². The molecule has 0 aromatic rings. The molecule has 0 aliphatic heterocycles. The van der Waals surface area contributed by atoms with Crippen LogP contribution in [0.5, 0.6) is 0 Å². The van der Waals surface area contributed by atoms with Gasteiger partial charge in [-0.1, -0.05) is 54.4 Å². The van der Waals surface area contributed by atoms with E-state index in [4.69, 9.17) is 4.74 Å². The van der Waals surface area contributed by atoms with E-state index < -0.39 is 0 Å². The van der Waals surface area contributed by atoms with Crippen molar-refractivity contribution in [2.75, 3.05) is 6.61 Å². The summed E-state index contributed by atoms with van der Waals surface area (Å²) in [4.78, 5) is 0. The molecule has 0 aromatic heterocycles.